The Bertz CT molecular complexity index is 1740. The lowest BCUT2D eigenvalue weighted by Gasteiger charge is -2.43. The second-order valence-corrected chi connectivity index (χ2v) is 18.5. The van der Waals surface area contributed by atoms with E-state index < -0.39 is 71.6 Å². The quantitative estimate of drug-likeness (QED) is 0.0286. The van der Waals surface area contributed by atoms with E-state index in [0.29, 0.717) is 25.7 Å². The standard InChI is InChI=1S/C50H79NO14S/c1-4-5-6-7-8-9-10-15-20-25-42(62-45(54)26-21-16-11-13-18-23-38-28-32-40(60-2)33-29-38)36-44(53)51-47-49(48(65-66(57,58)59)43(37-52)63-50(47)56)64-46(55)27-22-17-12-14-19-24-39-30-34-41(61-3)35-31-39/h28-35,42-43,47-50,52,56H,4-27,36-37H2,1-3H3,(H,51,53)(H,57,58,59)/t42-,43+,47+,48+,49+,50?/m0/s1. The summed E-state index contributed by atoms with van der Waals surface area (Å²) in [6.45, 7) is 1.32. The minimum atomic E-state index is -5.19. The predicted octanol–water partition coefficient (Wildman–Crippen LogP) is 8.69. The Morgan fingerprint density at radius 2 is 1.14 bits per heavy atom. The van der Waals surface area contributed by atoms with Crippen molar-refractivity contribution in [2.45, 2.75) is 204 Å². The van der Waals surface area contributed by atoms with Crippen LogP contribution in [0.1, 0.15) is 166 Å². The number of carbonyl (C=O) groups excluding carboxylic acids is 3. The molecule has 1 fully saturated rings. The van der Waals surface area contributed by atoms with Gasteiger partial charge < -0.3 is 39.2 Å². The zero-order chi connectivity index (χ0) is 48.0. The molecule has 1 aliphatic heterocycles. The van der Waals surface area contributed by atoms with Gasteiger partial charge in [0.25, 0.3) is 0 Å². The summed E-state index contributed by atoms with van der Waals surface area (Å²) < 4.78 is 65.8. The van der Waals surface area contributed by atoms with Crippen molar-refractivity contribution in [1.82, 2.24) is 5.32 Å². The van der Waals surface area contributed by atoms with Crippen LogP contribution in [0.15, 0.2) is 48.5 Å². The molecule has 0 aromatic heterocycles. The molecule has 1 amide bonds. The van der Waals surface area contributed by atoms with Crippen LogP contribution in [0.4, 0.5) is 0 Å². The first-order valence-corrected chi connectivity index (χ1v) is 25.8. The number of hydrogen-bond acceptors (Lipinski definition) is 13. The highest BCUT2D eigenvalue weighted by molar-refractivity contribution is 7.80. The van der Waals surface area contributed by atoms with Gasteiger partial charge in [-0.15, -0.1) is 0 Å². The normalized spacial score (nSPS) is 18.9. The van der Waals surface area contributed by atoms with Crippen LogP contribution >= 0.6 is 0 Å². The molecule has 0 bridgehead atoms. The topological polar surface area (TPSA) is 213 Å². The number of esters is 2. The third kappa shape index (κ3) is 23.8. The maximum Gasteiger partial charge on any atom is 0.397 e. The summed E-state index contributed by atoms with van der Waals surface area (Å²) in [6.07, 6.45) is 12.6. The van der Waals surface area contributed by atoms with Crippen molar-refractivity contribution in [2.75, 3.05) is 20.8 Å². The Hall–Kier alpha value is -3.80. The zero-order valence-electron chi connectivity index (χ0n) is 39.7. The van der Waals surface area contributed by atoms with Crippen molar-refractivity contribution < 1.29 is 65.4 Å². The van der Waals surface area contributed by atoms with Gasteiger partial charge in [0, 0.05) is 12.8 Å². The molecule has 16 heteroatoms. The second-order valence-electron chi connectivity index (χ2n) is 17.4. The van der Waals surface area contributed by atoms with Crippen molar-refractivity contribution in [3.63, 3.8) is 0 Å². The van der Waals surface area contributed by atoms with E-state index in [4.69, 9.17) is 27.9 Å². The number of amides is 1. The van der Waals surface area contributed by atoms with Crippen LogP contribution in [-0.4, -0.2) is 98.6 Å². The monoisotopic (exact) mass is 950 g/mol. The van der Waals surface area contributed by atoms with Gasteiger partial charge in [-0.25, -0.2) is 4.18 Å². The number of ether oxygens (including phenoxy) is 5. The van der Waals surface area contributed by atoms with Crippen LogP contribution in [0.3, 0.4) is 0 Å². The number of rotatable bonds is 36. The molecule has 0 spiro atoms. The number of hydrogen-bond donors (Lipinski definition) is 4. The van der Waals surface area contributed by atoms with Crippen molar-refractivity contribution in [2.24, 2.45) is 0 Å². The third-order valence-electron chi connectivity index (χ3n) is 12.0. The van der Waals surface area contributed by atoms with Crippen LogP contribution in [0, 0.1) is 0 Å². The maximum atomic E-state index is 13.7. The van der Waals surface area contributed by atoms with Gasteiger partial charge in [-0.2, -0.15) is 8.42 Å². The minimum absolute atomic E-state index is 0.0601. The summed E-state index contributed by atoms with van der Waals surface area (Å²) in [5.41, 5.74) is 2.45. The Morgan fingerprint density at radius 3 is 1.62 bits per heavy atom. The summed E-state index contributed by atoms with van der Waals surface area (Å²) in [6, 6.07) is 14.4. The summed E-state index contributed by atoms with van der Waals surface area (Å²) in [4.78, 5) is 40.0. The molecular weight excluding hydrogens is 871 g/mol. The average molecular weight is 950 g/mol. The number of aryl methyl sites for hydroxylation is 2. The number of aliphatic hydroxyl groups excluding tert-OH is 2. The molecule has 0 saturated carbocycles. The molecule has 1 heterocycles. The van der Waals surface area contributed by atoms with E-state index in [0.717, 1.165) is 101 Å². The van der Waals surface area contributed by atoms with E-state index in [1.807, 2.05) is 36.4 Å². The number of carbonyl (C=O) groups is 3. The fourth-order valence-electron chi connectivity index (χ4n) is 8.25. The van der Waals surface area contributed by atoms with Crippen LogP contribution in [0.5, 0.6) is 11.5 Å². The number of benzene rings is 2. The number of aliphatic hydroxyl groups is 2. The molecule has 1 saturated heterocycles. The predicted molar refractivity (Wildman–Crippen MR) is 251 cm³/mol. The summed E-state index contributed by atoms with van der Waals surface area (Å²) in [5.74, 6) is -0.234. The second kappa shape index (κ2) is 32.8. The van der Waals surface area contributed by atoms with E-state index in [9.17, 15) is 37.6 Å². The van der Waals surface area contributed by atoms with Crippen LogP contribution in [0.25, 0.3) is 0 Å². The molecule has 3 rings (SSSR count). The number of unbranched alkanes of at least 4 members (excludes halogenated alkanes) is 16. The molecule has 4 N–H and O–H groups in total. The third-order valence-corrected chi connectivity index (χ3v) is 12.5. The Morgan fingerprint density at radius 1 is 0.667 bits per heavy atom. The molecule has 2 aromatic carbocycles. The minimum Gasteiger partial charge on any atom is -0.497 e. The Balaban J connectivity index is 1.57. The van der Waals surface area contributed by atoms with Gasteiger partial charge in [0.15, 0.2) is 12.4 Å². The lowest BCUT2D eigenvalue weighted by atomic mass is 9.96. The van der Waals surface area contributed by atoms with Gasteiger partial charge in [0.1, 0.15) is 35.9 Å². The molecular formula is C50H79NO14S. The average Bonchev–Trinajstić information content (AvgIpc) is 3.29. The molecule has 1 aliphatic rings. The first kappa shape index (κ1) is 56.5. The summed E-state index contributed by atoms with van der Waals surface area (Å²) in [5, 5.41) is 23.7. The molecule has 15 nitrogen and oxygen atoms in total. The zero-order valence-corrected chi connectivity index (χ0v) is 40.5. The van der Waals surface area contributed by atoms with Gasteiger partial charge in [-0.3, -0.25) is 18.9 Å². The maximum absolute atomic E-state index is 13.7. The molecule has 0 radical (unpaired) electrons. The smallest absolute Gasteiger partial charge is 0.397 e. The Kier molecular flexibility index (Phi) is 28.1. The SMILES string of the molecule is CCCCCCCCCCC[C@@H](CC(=O)N[C@H]1C(O)O[C@H](CO)[C@@H](OS(=O)(=O)O)[C@@H]1OC(=O)CCCCCCCc1ccc(OC)cc1)OC(=O)CCCCCCCc1ccc(OC)cc1. The van der Waals surface area contributed by atoms with E-state index >= 15 is 0 Å². The molecule has 6 atom stereocenters. The van der Waals surface area contributed by atoms with E-state index in [1.165, 1.54) is 36.8 Å². The molecule has 1 unspecified atom stereocenters. The highest BCUT2D eigenvalue weighted by Crippen LogP contribution is 2.28. The fraction of sp³-hybridized carbons (Fsp3) is 0.700. The first-order valence-electron chi connectivity index (χ1n) is 24.4. The highest BCUT2D eigenvalue weighted by atomic mass is 32.3. The van der Waals surface area contributed by atoms with Crippen LogP contribution < -0.4 is 14.8 Å². The summed E-state index contributed by atoms with van der Waals surface area (Å²) >= 11 is 0. The van der Waals surface area contributed by atoms with Crippen molar-refractivity contribution >= 4 is 28.2 Å². The number of methoxy groups -OCH3 is 2. The lowest BCUT2D eigenvalue weighted by molar-refractivity contribution is -0.254. The van der Waals surface area contributed by atoms with Crippen molar-refractivity contribution in [1.29, 1.82) is 0 Å². The molecule has 0 aliphatic carbocycles. The fourth-order valence-corrected chi connectivity index (χ4v) is 8.77. The first-order chi connectivity index (χ1) is 31.8. The lowest BCUT2D eigenvalue weighted by Crippen LogP contribution is -2.66. The van der Waals surface area contributed by atoms with Gasteiger partial charge in [0.2, 0.25) is 5.91 Å². The van der Waals surface area contributed by atoms with E-state index in [1.54, 1.807) is 14.2 Å². The van der Waals surface area contributed by atoms with Gasteiger partial charge in [-0.05, 0) is 86.8 Å². The van der Waals surface area contributed by atoms with Crippen molar-refractivity contribution in [3.05, 3.63) is 59.7 Å². The van der Waals surface area contributed by atoms with Crippen molar-refractivity contribution in [3.8, 4) is 11.5 Å². The van der Waals surface area contributed by atoms with E-state index in [2.05, 4.69) is 24.4 Å². The molecule has 66 heavy (non-hydrogen) atoms. The number of nitrogens with one attached hydrogen (secondary N) is 1. The largest absolute Gasteiger partial charge is 0.497 e. The molecule has 374 valence electrons. The Labute approximate surface area is 393 Å². The summed E-state index contributed by atoms with van der Waals surface area (Å²) in [7, 11) is -1.92. The highest BCUT2D eigenvalue weighted by Gasteiger charge is 2.50. The van der Waals surface area contributed by atoms with Crippen LogP contribution in [0.2, 0.25) is 0 Å². The van der Waals surface area contributed by atoms with E-state index in [-0.39, 0.29) is 19.3 Å². The van der Waals surface area contributed by atoms with Gasteiger partial charge in [0.05, 0.1) is 27.2 Å². The van der Waals surface area contributed by atoms with Gasteiger partial charge >= 0.3 is 22.3 Å². The van der Waals surface area contributed by atoms with Gasteiger partial charge in [-0.1, -0.05) is 121 Å². The molecule has 2 aromatic rings. The van der Waals surface area contributed by atoms with Crippen LogP contribution in [-0.2, 0) is 56.0 Å².